The lowest BCUT2D eigenvalue weighted by molar-refractivity contribution is 0.652. The fourth-order valence-corrected chi connectivity index (χ4v) is 2.55. The van der Waals surface area contributed by atoms with E-state index in [9.17, 15) is 0 Å². The summed E-state index contributed by atoms with van der Waals surface area (Å²) in [4.78, 5) is 9.25. The van der Waals surface area contributed by atoms with Gasteiger partial charge in [-0.1, -0.05) is 31.5 Å². The van der Waals surface area contributed by atoms with E-state index >= 15 is 0 Å². The van der Waals surface area contributed by atoms with Crippen molar-refractivity contribution < 1.29 is 0 Å². The SMILES string of the molecule is CCCCC1=NC2c3ccccc3N=C(N)C2N1. The first kappa shape index (κ1) is 11.3. The number of para-hydroxylation sites is 1. The molecule has 4 nitrogen and oxygen atoms in total. The van der Waals surface area contributed by atoms with E-state index in [1.807, 2.05) is 18.2 Å². The normalized spacial score (nSPS) is 24.7. The predicted molar refractivity (Wildman–Crippen MR) is 74.3 cm³/mol. The molecule has 0 saturated heterocycles. The fourth-order valence-electron chi connectivity index (χ4n) is 2.55. The lowest BCUT2D eigenvalue weighted by Gasteiger charge is -2.24. The number of benzene rings is 1. The molecule has 18 heavy (non-hydrogen) atoms. The lowest BCUT2D eigenvalue weighted by atomic mass is 9.96. The maximum atomic E-state index is 6.04. The van der Waals surface area contributed by atoms with Crippen LogP contribution in [-0.2, 0) is 0 Å². The molecule has 3 N–H and O–H groups in total. The van der Waals surface area contributed by atoms with Gasteiger partial charge in [0, 0.05) is 12.0 Å². The first-order chi connectivity index (χ1) is 8.79. The molecule has 1 aromatic rings. The van der Waals surface area contributed by atoms with Gasteiger partial charge >= 0.3 is 0 Å². The zero-order valence-corrected chi connectivity index (χ0v) is 10.6. The predicted octanol–water partition coefficient (Wildman–Crippen LogP) is 2.29. The molecule has 0 radical (unpaired) electrons. The average molecular weight is 242 g/mol. The van der Waals surface area contributed by atoms with Crippen molar-refractivity contribution in [3.05, 3.63) is 29.8 Å². The Morgan fingerprint density at radius 1 is 1.33 bits per heavy atom. The van der Waals surface area contributed by atoms with Crippen LogP contribution in [0.4, 0.5) is 5.69 Å². The van der Waals surface area contributed by atoms with Crippen LogP contribution < -0.4 is 11.1 Å². The van der Waals surface area contributed by atoms with Crippen LogP contribution in [0.25, 0.3) is 0 Å². The summed E-state index contributed by atoms with van der Waals surface area (Å²) in [5.74, 6) is 1.72. The highest BCUT2D eigenvalue weighted by Gasteiger charge is 2.36. The molecular weight excluding hydrogens is 224 g/mol. The molecule has 0 saturated carbocycles. The van der Waals surface area contributed by atoms with E-state index in [1.165, 1.54) is 12.0 Å². The van der Waals surface area contributed by atoms with Crippen LogP contribution in [0.3, 0.4) is 0 Å². The maximum Gasteiger partial charge on any atom is 0.125 e. The van der Waals surface area contributed by atoms with Crippen LogP contribution in [0.1, 0.15) is 37.8 Å². The second kappa shape index (κ2) is 4.44. The van der Waals surface area contributed by atoms with Crippen LogP contribution >= 0.6 is 0 Å². The summed E-state index contributed by atoms with van der Waals surface area (Å²) in [6.45, 7) is 2.19. The molecule has 1 aromatic carbocycles. The smallest absolute Gasteiger partial charge is 0.125 e. The minimum atomic E-state index is 0.0479. The number of nitrogens with two attached hydrogens (primary N) is 1. The van der Waals surface area contributed by atoms with Crippen molar-refractivity contribution in [2.24, 2.45) is 15.7 Å². The third-order valence-corrected chi connectivity index (χ3v) is 3.52. The number of unbranched alkanes of at least 4 members (excludes halogenated alkanes) is 1. The molecule has 0 fully saturated rings. The van der Waals surface area contributed by atoms with Crippen molar-refractivity contribution in [3.63, 3.8) is 0 Å². The number of hydrogen-bond acceptors (Lipinski definition) is 4. The van der Waals surface area contributed by atoms with Crippen molar-refractivity contribution in [2.75, 3.05) is 0 Å². The number of aliphatic imine (C=N–C) groups is 2. The topological polar surface area (TPSA) is 62.8 Å². The number of fused-ring (bicyclic) bond motifs is 3. The Kier molecular flexibility index (Phi) is 2.78. The zero-order chi connectivity index (χ0) is 12.5. The van der Waals surface area contributed by atoms with E-state index < -0.39 is 0 Å². The number of rotatable bonds is 3. The second-order valence-corrected chi connectivity index (χ2v) is 4.84. The number of nitrogens with zero attached hydrogens (tertiary/aromatic N) is 2. The molecule has 2 heterocycles. The van der Waals surface area contributed by atoms with Gasteiger partial charge in [0.1, 0.15) is 17.9 Å². The molecule has 3 rings (SSSR count). The highest BCUT2D eigenvalue weighted by molar-refractivity contribution is 5.98. The summed E-state index contributed by atoms with van der Waals surface area (Å²) in [5, 5.41) is 3.41. The molecular formula is C14H18N4. The molecule has 0 amide bonds. The van der Waals surface area contributed by atoms with Crippen LogP contribution in [0.5, 0.6) is 0 Å². The Hall–Kier alpha value is -1.84. The van der Waals surface area contributed by atoms with Crippen molar-refractivity contribution in [2.45, 2.75) is 38.3 Å². The third-order valence-electron chi connectivity index (χ3n) is 3.52. The quantitative estimate of drug-likeness (QED) is 0.854. The number of nitrogens with one attached hydrogen (secondary N) is 1. The van der Waals surface area contributed by atoms with Gasteiger partial charge in [0.2, 0.25) is 0 Å². The molecule has 0 aromatic heterocycles. The highest BCUT2D eigenvalue weighted by Crippen LogP contribution is 2.37. The van der Waals surface area contributed by atoms with Crippen LogP contribution in [-0.4, -0.2) is 17.7 Å². The van der Waals surface area contributed by atoms with Crippen molar-refractivity contribution >= 4 is 17.4 Å². The molecule has 2 atom stereocenters. The molecule has 0 aliphatic carbocycles. The van der Waals surface area contributed by atoms with Gasteiger partial charge in [-0.2, -0.15) is 0 Å². The van der Waals surface area contributed by atoms with E-state index in [1.54, 1.807) is 0 Å². The molecule has 0 spiro atoms. The van der Waals surface area contributed by atoms with E-state index in [0.29, 0.717) is 5.84 Å². The van der Waals surface area contributed by atoms with Gasteiger partial charge in [-0.15, -0.1) is 0 Å². The minimum Gasteiger partial charge on any atom is -0.385 e. The van der Waals surface area contributed by atoms with E-state index in [0.717, 1.165) is 24.4 Å². The number of hydrogen-bond donors (Lipinski definition) is 2. The lowest BCUT2D eigenvalue weighted by Crippen LogP contribution is -2.44. The molecule has 2 unspecified atom stereocenters. The first-order valence-electron chi connectivity index (χ1n) is 6.56. The Morgan fingerprint density at radius 2 is 2.17 bits per heavy atom. The summed E-state index contributed by atoms with van der Waals surface area (Å²) in [6, 6.07) is 8.26. The first-order valence-corrected chi connectivity index (χ1v) is 6.56. The van der Waals surface area contributed by atoms with Gasteiger partial charge in [0.15, 0.2) is 0 Å². The van der Waals surface area contributed by atoms with Gasteiger partial charge in [-0.05, 0) is 12.5 Å². The Balaban J connectivity index is 1.93. The van der Waals surface area contributed by atoms with Crippen LogP contribution in [0.2, 0.25) is 0 Å². The summed E-state index contributed by atoms with van der Waals surface area (Å²) in [5.41, 5.74) is 8.17. The largest absolute Gasteiger partial charge is 0.385 e. The summed E-state index contributed by atoms with van der Waals surface area (Å²) in [6.07, 6.45) is 3.33. The molecule has 2 aliphatic rings. The average Bonchev–Trinajstić information content (AvgIpc) is 2.81. The van der Waals surface area contributed by atoms with Gasteiger partial charge < -0.3 is 11.1 Å². The summed E-state index contributed by atoms with van der Waals surface area (Å²) in [7, 11) is 0. The minimum absolute atomic E-state index is 0.0479. The Morgan fingerprint density at radius 3 is 3.00 bits per heavy atom. The second-order valence-electron chi connectivity index (χ2n) is 4.84. The van der Waals surface area contributed by atoms with Gasteiger partial charge in [0.25, 0.3) is 0 Å². The van der Waals surface area contributed by atoms with Gasteiger partial charge in [-0.3, -0.25) is 4.99 Å². The summed E-state index contributed by atoms with van der Waals surface area (Å²) >= 11 is 0. The zero-order valence-electron chi connectivity index (χ0n) is 10.6. The molecule has 2 aliphatic heterocycles. The van der Waals surface area contributed by atoms with E-state index in [2.05, 4.69) is 23.3 Å². The monoisotopic (exact) mass is 242 g/mol. The number of amidine groups is 2. The van der Waals surface area contributed by atoms with Crippen molar-refractivity contribution in [1.29, 1.82) is 0 Å². The van der Waals surface area contributed by atoms with E-state index in [4.69, 9.17) is 10.7 Å². The van der Waals surface area contributed by atoms with Gasteiger partial charge in [-0.25, -0.2) is 4.99 Å². The fraction of sp³-hybridized carbons (Fsp3) is 0.429. The van der Waals surface area contributed by atoms with Crippen LogP contribution in [0.15, 0.2) is 34.3 Å². The standard InChI is InChI=1S/C14H18N4/c1-2-3-8-11-17-12-9-6-4-5-7-10(9)16-14(15)13(12)18-11/h4-7,12-13H,2-3,8H2,1H3,(H2,15,16)(H,17,18). The highest BCUT2D eigenvalue weighted by atomic mass is 15.2. The van der Waals surface area contributed by atoms with Crippen LogP contribution in [0, 0.1) is 0 Å². The molecule has 4 heteroatoms. The molecule has 94 valence electrons. The maximum absolute atomic E-state index is 6.04. The Labute approximate surface area is 107 Å². The molecule has 0 bridgehead atoms. The third kappa shape index (κ3) is 1.78. The Bertz CT molecular complexity index is 518. The van der Waals surface area contributed by atoms with Crippen molar-refractivity contribution in [3.8, 4) is 0 Å². The van der Waals surface area contributed by atoms with Crippen molar-refractivity contribution in [1.82, 2.24) is 5.32 Å². The summed E-state index contributed by atoms with van der Waals surface area (Å²) < 4.78 is 0. The van der Waals surface area contributed by atoms with Gasteiger partial charge in [0.05, 0.1) is 11.5 Å². The van der Waals surface area contributed by atoms with E-state index in [-0.39, 0.29) is 12.1 Å².